The highest BCUT2D eigenvalue weighted by Gasteiger charge is 2.34. The van der Waals surface area contributed by atoms with Gasteiger partial charge in [0.1, 0.15) is 6.07 Å². The molecule has 0 aromatic heterocycles. The van der Waals surface area contributed by atoms with Crippen molar-refractivity contribution in [1.82, 2.24) is 0 Å². The number of hydrogen-bond donors (Lipinski definition) is 0. The lowest BCUT2D eigenvalue weighted by Crippen LogP contribution is -2.37. The lowest BCUT2D eigenvalue weighted by atomic mass is 9.90. The second kappa shape index (κ2) is 11.5. The number of rotatable bonds is 4. The number of hydrogen-bond acceptors (Lipinski definition) is 3. The Morgan fingerprint density at radius 1 is 0.609 bits per heavy atom. The Labute approximate surface area is 272 Å². The molecule has 8 heteroatoms. The molecule has 0 N–H and O–H groups in total. The average molecular weight is 625 g/mol. The first-order chi connectivity index (χ1) is 21.8. The third-order valence-corrected chi connectivity index (χ3v) is 12.5. The summed E-state index contributed by atoms with van der Waals surface area (Å²) in [6.07, 6.45) is 0. The van der Waals surface area contributed by atoms with Gasteiger partial charge in [-0.15, -0.1) is 0 Å². The first kappa shape index (κ1) is 31.4. The summed E-state index contributed by atoms with van der Waals surface area (Å²) < 4.78 is 0. The summed E-state index contributed by atoms with van der Waals surface area (Å²) >= 11 is 0. The zero-order chi connectivity index (χ0) is 33.6. The molecule has 0 bridgehead atoms. The van der Waals surface area contributed by atoms with Gasteiger partial charge < -0.3 is 0 Å². The predicted molar refractivity (Wildman–Crippen MR) is 189 cm³/mol. The van der Waals surface area contributed by atoms with E-state index >= 15 is 0 Å². The predicted octanol–water partition coefficient (Wildman–Crippen LogP) is 8.33. The molecule has 0 spiro atoms. The van der Waals surface area contributed by atoms with Crippen molar-refractivity contribution < 1.29 is 0 Å². The van der Waals surface area contributed by atoms with Gasteiger partial charge in [0, 0.05) is 5.57 Å². The van der Waals surface area contributed by atoms with E-state index in [0.717, 1.165) is 10.4 Å². The molecular weight excluding hydrogens is 597 g/mol. The van der Waals surface area contributed by atoms with Crippen LogP contribution in [-0.4, -0.2) is 16.1 Å². The highest BCUT2D eigenvalue weighted by atomic mass is 28.3. The average Bonchev–Trinajstić information content (AvgIpc) is 3.53. The zero-order valence-corrected chi connectivity index (χ0v) is 28.5. The Hall–Kier alpha value is -6.01. The second-order valence-electron chi connectivity index (χ2n) is 13.2. The monoisotopic (exact) mass is 624 g/mol. The molecule has 3 aromatic carbocycles. The molecule has 6 nitrogen and oxygen atoms in total. The maximum atomic E-state index is 10.5. The van der Waals surface area contributed by atoms with Gasteiger partial charge in [0.05, 0.1) is 53.6 Å². The number of benzene rings is 3. The molecule has 46 heavy (non-hydrogen) atoms. The molecule has 0 saturated carbocycles. The first-order valence-electron chi connectivity index (χ1n) is 14.6. The van der Waals surface area contributed by atoms with Crippen molar-refractivity contribution in [1.29, 1.82) is 15.8 Å². The summed E-state index contributed by atoms with van der Waals surface area (Å²) in [6, 6.07) is 25.7. The summed E-state index contributed by atoms with van der Waals surface area (Å²) in [5.41, 5.74) is 6.25. The molecule has 0 aliphatic heterocycles. The molecule has 0 amide bonds. The van der Waals surface area contributed by atoms with Gasteiger partial charge in [-0.1, -0.05) is 104 Å². The van der Waals surface area contributed by atoms with Crippen LogP contribution >= 0.6 is 0 Å². The molecule has 218 valence electrons. The van der Waals surface area contributed by atoms with E-state index in [9.17, 15) is 15.8 Å². The van der Waals surface area contributed by atoms with Gasteiger partial charge in [0.15, 0.2) is 0 Å². The smallest absolute Gasteiger partial charge is 0.237 e. The van der Waals surface area contributed by atoms with Crippen molar-refractivity contribution in [2.45, 2.75) is 39.3 Å². The molecule has 0 radical (unpaired) electrons. The Bertz CT molecular complexity index is 2090. The topological polar surface area (TPSA) is 84.5 Å². The van der Waals surface area contributed by atoms with E-state index in [4.69, 9.17) is 19.7 Å². The maximum absolute atomic E-state index is 10.5. The molecular formula is C38H28N6Si2. The molecule has 2 aliphatic rings. The van der Waals surface area contributed by atoms with Crippen molar-refractivity contribution in [2.24, 2.45) is 0 Å². The van der Waals surface area contributed by atoms with E-state index in [1.807, 2.05) is 66.7 Å². The van der Waals surface area contributed by atoms with Gasteiger partial charge in [-0.25, -0.2) is 25.1 Å². The summed E-state index contributed by atoms with van der Waals surface area (Å²) in [5.74, 6) is 0. The SMILES string of the molecule is [C-]#[N+]C1=C(c2cccc(C3=C(C#N)c4cc([Si](C)(C)C)ccc4/C3=C(/C#N)[N+]#[C-])c2)/C(=C(/C#N)[N+]#[C-])c2ccc([Si](C)(C)C)cc21. The molecule has 0 saturated heterocycles. The van der Waals surface area contributed by atoms with Crippen LogP contribution in [0.5, 0.6) is 0 Å². The maximum Gasteiger partial charge on any atom is 0.270 e. The largest absolute Gasteiger partial charge is 0.270 e. The standard InChI is InChI=1S/C38H28N6Si2/c1-42-32(21-40)36-27-15-13-25(45(4,5)6)18-29(27)31(20-39)34(36)23-11-10-12-24(17-23)35-37(33(22-41)43-2)28-16-14-26(46(7,8)9)19-30(28)38(35)44-3/h10-19H,4-9H3/b36-32+,37-33-. The van der Waals surface area contributed by atoms with Gasteiger partial charge in [-0.2, -0.15) is 5.26 Å². The van der Waals surface area contributed by atoms with Gasteiger partial charge in [0.25, 0.3) is 11.4 Å². The number of fused-ring (bicyclic) bond motifs is 2. The summed E-state index contributed by atoms with van der Waals surface area (Å²) in [6.45, 7) is 37.2. The van der Waals surface area contributed by atoms with Crippen LogP contribution in [0.1, 0.15) is 33.4 Å². The van der Waals surface area contributed by atoms with Gasteiger partial charge >= 0.3 is 0 Å². The fourth-order valence-electron chi connectivity index (χ4n) is 6.04. The molecule has 0 atom stereocenters. The van der Waals surface area contributed by atoms with Crippen LogP contribution in [0.3, 0.4) is 0 Å². The minimum Gasteiger partial charge on any atom is -0.237 e. The fraction of sp³-hybridized carbons (Fsp3) is 0.158. The van der Waals surface area contributed by atoms with Crippen molar-refractivity contribution in [3.63, 3.8) is 0 Å². The van der Waals surface area contributed by atoms with Crippen molar-refractivity contribution >= 4 is 60.1 Å². The van der Waals surface area contributed by atoms with E-state index in [0.29, 0.717) is 66.9 Å². The molecule has 0 heterocycles. The quantitative estimate of drug-likeness (QED) is 0.166. The highest BCUT2D eigenvalue weighted by molar-refractivity contribution is 6.89. The van der Waals surface area contributed by atoms with Crippen LogP contribution < -0.4 is 10.4 Å². The minimum absolute atomic E-state index is 0.106. The Morgan fingerprint density at radius 3 is 1.54 bits per heavy atom. The molecule has 3 aromatic rings. The molecule has 5 rings (SSSR count). The molecule has 0 unspecified atom stereocenters. The third-order valence-electron chi connectivity index (χ3n) is 8.39. The Balaban J connectivity index is 1.84. The van der Waals surface area contributed by atoms with Crippen LogP contribution in [-0.2, 0) is 0 Å². The van der Waals surface area contributed by atoms with Crippen LogP contribution in [0.15, 0.2) is 72.1 Å². The van der Waals surface area contributed by atoms with Crippen molar-refractivity contribution in [3.8, 4) is 18.2 Å². The van der Waals surface area contributed by atoms with E-state index < -0.39 is 16.1 Å². The second-order valence-corrected chi connectivity index (χ2v) is 23.3. The summed E-state index contributed by atoms with van der Waals surface area (Å²) in [5, 5.41) is 32.9. The highest BCUT2D eigenvalue weighted by Crippen LogP contribution is 2.51. The lowest BCUT2D eigenvalue weighted by Gasteiger charge is -2.18. The van der Waals surface area contributed by atoms with Crippen LogP contribution in [0.25, 0.3) is 48.1 Å². The van der Waals surface area contributed by atoms with Crippen molar-refractivity contribution in [2.75, 3.05) is 0 Å². The zero-order valence-electron chi connectivity index (χ0n) is 26.5. The number of allylic oxidation sites excluding steroid dienone is 7. The Morgan fingerprint density at radius 2 is 1.09 bits per heavy atom. The molecule has 2 aliphatic carbocycles. The van der Waals surface area contributed by atoms with Gasteiger partial charge in [0.2, 0.25) is 5.70 Å². The van der Waals surface area contributed by atoms with E-state index in [1.165, 1.54) is 0 Å². The number of nitrogens with zero attached hydrogens (tertiary/aromatic N) is 6. The van der Waals surface area contributed by atoms with E-state index in [-0.39, 0.29) is 11.4 Å². The van der Waals surface area contributed by atoms with Crippen molar-refractivity contribution in [3.05, 3.63) is 140 Å². The third kappa shape index (κ3) is 5.00. The van der Waals surface area contributed by atoms with E-state index in [1.54, 1.807) is 6.07 Å². The van der Waals surface area contributed by atoms with Gasteiger partial charge in [-0.05, 0) is 56.2 Å². The molecule has 0 fully saturated rings. The Kier molecular flexibility index (Phi) is 7.85. The van der Waals surface area contributed by atoms with Crippen LogP contribution in [0.2, 0.25) is 39.3 Å². The first-order valence-corrected chi connectivity index (χ1v) is 21.6. The lowest BCUT2D eigenvalue weighted by molar-refractivity contribution is 1.49. The minimum atomic E-state index is -1.76. The summed E-state index contributed by atoms with van der Waals surface area (Å²) in [4.78, 5) is 11.1. The van der Waals surface area contributed by atoms with Crippen LogP contribution in [0, 0.1) is 53.7 Å². The van der Waals surface area contributed by atoms with Gasteiger partial charge in [-0.3, -0.25) is 0 Å². The van der Waals surface area contributed by atoms with E-state index in [2.05, 4.69) is 59.9 Å². The normalized spacial score (nSPS) is 15.8. The summed E-state index contributed by atoms with van der Waals surface area (Å²) in [7, 11) is -3.51. The number of nitriles is 3. The fourth-order valence-corrected chi connectivity index (χ4v) is 8.36. The van der Waals surface area contributed by atoms with Crippen LogP contribution in [0.4, 0.5) is 0 Å².